The first-order valence-electron chi connectivity index (χ1n) is 6.98. The number of thiophene rings is 1. The molecule has 0 saturated heterocycles. The molecule has 6 heteroatoms. The third-order valence-electron chi connectivity index (χ3n) is 3.85. The van der Waals surface area contributed by atoms with Crippen LogP contribution in [0.3, 0.4) is 0 Å². The molecule has 0 amide bonds. The van der Waals surface area contributed by atoms with Gasteiger partial charge in [0.25, 0.3) is 5.06 Å². The second kappa shape index (κ2) is 6.35. The van der Waals surface area contributed by atoms with Crippen LogP contribution < -0.4 is 4.74 Å². The number of carbonyl (C=O) groups is 1. The maximum atomic E-state index is 11.4. The van der Waals surface area contributed by atoms with Gasteiger partial charge in [-0.25, -0.2) is 0 Å². The predicted molar refractivity (Wildman–Crippen MR) is 77.6 cm³/mol. The molecule has 0 aromatic carbocycles. The molecule has 1 aliphatic rings. The van der Waals surface area contributed by atoms with E-state index in [4.69, 9.17) is 4.74 Å². The lowest BCUT2D eigenvalue weighted by molar-refractivity contribution is -0.385. The molecule has 1 heterocycles. The zero-order chi connectivity index (χ0) is 14.7. The van der Waals surface area contributed by atoms with E-state index in [2.05, 4.69) is 6.92 Å². The Bertz CT molecular complexity index is 511. The number of carbonyl (C=O) groups excluding carboxylic acids is 1. The molecular weight excluding hydrogens is 278 g/mol. The predicted octanol–water partition coefficient (Wildman–Crippen LogP) is 4.21. The van der Waals surface area contributed by atoms with Gasteiger partial charge in [0.2, 0.25) is 0 Å². The summed E-state index contributed by atoms with van der Waals surface area (Å²) in [5.41, 5.74) is -0.0828. The largest absolute Gasteiger partial charge is 0.475 e. The molecule has 0 spiro atoms. The normalized spacial score (nSPS) is 22.5. The van der Waals surface area contributed by atoms with Crippen molar-refractivity contribution in [2.75, 3.05) is 0 Å². The van der Waals surface area contributed by atoms with E-state index in [1.54, 1.807) is 0 Å². The van der Waals surface area contributed by atoms with E-state index in [1.165, 1.54) is 19.4 Å². The van der Waals surface area contributed by atoms with Crippen LogP contribution in [-0.2, 0) is 0 Å². The van der Waals surface area contributed by atoms with Gasteiger partial charge in [-0.05, 0) is 38.5 Å². The lowest BCUT2D eigenvalue weighted by Gasteiger charge is -2.30. The molecule has 0 aliphatic heterocycles. The van der Waals surface area contributed by atoms with Crippen LogP contribution in [0.25, 0.3) is 0 Å². The molecule has 1 aromatic rings. The topological polar surface area (TPSA) is 69.4 Å². The van der Waals surface area contributed by atoms with Crippen molar-refractivity contribution in [1.82, 2.24) is 0 Å². The molecule has 20 heavy (non-hydrogen) atoms. The summed E-state index contributed by atoms with van der Waals surface area (Å²) in [6.45, 7) is 3.53. The van der Waals surface area contributed by atoms with E-state index in [-0.39, 0.29) is 22.6 Å². The first-order chi connectivity index (χ1) is 9.52. The van der Waals surface area contributed by atoms with Crippen molar-refractivity contribution in [3.05, 3.63) is 21.1 Å². The highest BCUT2D eigenvalue weighted by Gasteiger charge is 2.30. The molecule has 110 valence electrons. The highest BCUT2D eigenvalue weighted by atomic mass is 32.1. The lowest BCUT2D eigenvalue weighted by Crippen LogP contribution is -2.29. The fraction of sp³-hybridized carbons (Fsp3) is 0.643. The molecule has 2 unspecified atom stereocenters. The molecule has 1 fully saturated rings. The maximum Gasteiger partial charge on any atom is 0.323 e. The first kappa shape index (κ1) is 15.0. The second-order valence-electron chi connectivity index (χ2n) is 5.21. The Labute approximate surface area is 122 Å². The van der Waals surface area contributed by atoms with E-state index in [9.17, 15) is 14.9 Å². The minimum Gasteiger partial charge on any atom is -0.475 e. The van der Waals surface area contributed by atoms with Gasteiger partial charge in [-0.2, -0.15) is 0 Å². The molecule has 2 atom stereocenters. The Morgan fingerprint density at radius 2 is 2.20 bits per heavy atom. The molecule has 1 aliphatic carbocycles. The Morgan fingerprint density at radius 3 is 2.80 bits per heavy atom. The van der Waals surface area contributed by atoms with Crippen molar-refractivity contribution in [2.45, 2.75) is 52.1 Å². The van der Waals surface area contributed by atoms with Gasteiger partial charge in [-0.3, -0.25) is 14.9 Å². The second-order valence-corrected chi connectivity index (χ2v) is 6.22. The van der Waals surface area contributed by atoms with Crippen LogP contribution in [0.5, 0.6) is 5.06 Å². The number of ketones is 1. The van der Waals surface area contributed by atoms with Crippen LogP contribution in [0.2, 0.25) is 0 Å². The lowest BCUT2D eigenvalue weighted by atomic mass is 9.85. The van der Waals surface area contributed by atoms with Gasteiger partial charge < -0.3 is 4.74 Å². The van der Waals surface area contributed by atoms with Gasteiger partial charge in [-0.1, -0.05) is 24.7 Å². The molecule has 0 radical (unpaired) electrons. The fourth-order valence-electron chi connectivity index (χ4n) is 2.68. The average molecular weight is 297 g/mol. The van der Waals surface area contributed by atoms with Crippen molar-refractivity contribution in [3.63, 3.8) is 0 Å². The van der Waals surface area contributed by atoms with Crippen LogP contribution in [0, 0.1) is 16.0 Å². The van der Waals surface area contributed by atoms with Crippen LogP contribution >= 0.6 is 11.3 Å². The zero-order valence-corrected chi connectivity index (χ0v) is 12.6. The van der Waals surface area contributed by atoms with Crippen molar-refractivity contribution in [1.29, 1.82) is 0 Å². The summed E-state index contributed by atoms with van der Waals surface area (Å²) in [5.74, 6) is 0.287. The van der Waals surface area contributed by atoms with Gasteiger partial charge in [0, 0.05) is 6.07 Å². The van der Waals surface area contributed by atoms with Crippen molar-refractivity contribution in [2.24, 2.45) is 5.92 Å². The van der Waals surface area contributed by atoms with Gasteiger partial charge in [-0.15, -0.1) is 0 Å². The SMILES string of the molecule is CCC1CCCCC1Oc1sc(C(C)=O)cc1[N+](=O)[O-]. The standard InChI is InChI=1S/C14H19NO4S/c1-3-10-6-4-5-7-12(10)19-14-11(15(17)18)8-13(20-14)9(2)16/h8,10,12H,3-7H2,1-2H3. The zero-order valence-electron chi connectivity index (χ0n) is 11.8. The summed E-state index contributed by atoms with van der Waals surface area (Å²) in [5, 5.41) is 11.4. The minimum absolute atomic E-state index is 0.0332. The number of rotatable bonds is 5. The maximum absolute atomic E-state index is 11.4. The molecular formula is C14H19NO4S. The van der Waals surface area contributed by atoms with E-state index in [0.717, 1.165) is 37.0 Å². The van der Waals surface area contributed by atoms with E-state index in [0.29, 0.717) is 10.8 Å². The van der Waals surface area contributed by atoms with E-state index >= 15 is 0 Å². The average Bonchev–Trinajstić information content (AvgIpc) is 2.84. The van der Waals surface area contributed by atoms with Crippen molar-refractivity contribution >= 4 is 22.8 Å². The Hall–Kier alpha value is -1.43. The van der Waals surface area contributed by atoms with Gasteiger partial charge in [0.05, 0.1) is 9.80 Å². The summed E-state index contributed by atoms with van der Waals surface area (Å²) in [7, 11) is 0. The number of hydrogen-bond acceptors (Lipinski definition) is 5. The van der Waals surface area contributed by atoms with Crippen molar-refractivity contribution in [3.8, 4) is 5.06 Å². The summed E-state index contributed by atoms with van der Waals surface area (Å²) in [6, 6.07) is 1.33. The first-order valence-corrected chi connectivity index (χ1v) is 7.80. The third-order valence-corrected chi connectivity index (χ3v) is 4.96. The van der Waals surface area contributed by atoms with Gasteiger partial charge >= 0.3 is 5.69 Å². The van der Waals surface area contributed by atoms with Gasteiger partial charge in [0.15, 0.2) is 5.78 Å². The Morgan fingerprint density at radius 1 is 1.50 bits per heavy atom. The van der Waals surface area contributed by atoms with Crippen LogP contribution in [-0.4, -0.2) is 16.8 Å². The Balaban J connectivity index is 2.22. The molecule has 5 nitrogen and oxygen atoms in total. The summed E-state index contributed by atoms with van der Waals surface area (Å²) < 4.78 is 5.91. The monoisotopic (exact) mass is 297 g/mol. The highest BCUT2D eigenvalue weighted by Crippen LogP contribution is 2.40. The number of Topliss-reactive ketones (excluding diaryl/α,β-unsaturated/α-hetero) is 1. The van der Waals surface area contributed by atoms with Crippen LogP contribution in [0.15, 0.2) is 6.07 Å². The number of hydrogen-bond donors (Lipinski definition) is 0. The van der Waals surface area contributed by atoms with E-state index in [1.807, 2.05) is 0 Å². The molecule has 0 N–H and O–H groups in total. The number of ether oxygens (including phenoxy) is 1. The number of nitrogens with zero attached hydrogens (tertiary/aromatic N) is 1. The van der Waals surface area contributed by atoms with Crippen LogP contribution in [0.1, 0.15) is 55.6 Å². The Kier molecular flexibility index (Phi) is 4.75. The summed E-state index contributed by atoms with van der Waals surface area (Å²) in [4.78, 5) is 22.4. The van der Waals surface area contributed by atoms with Gasteiger partial charge in [0.1, 0.15) is 6.10 Å². The highest BCUT2D eigenvalue weighted by molar-refractivity contribution is 7.16. The van der Waals surface area contributed by atoms with Crippen LogP contribution in [0.4, 0.5) is 5.69 Å². The fourth-order valence-corrected chi connectivity index (χ4v) is 3.61. The molecule has 2 rings (SSSR count). The third kappa shape index (κ3) is 3.17. The summed E-state index contributed by atoms with van der Waals surface area (Å²) in [6.07, 6.45) is 5.39. The number of nitro groups is 1. The minimum atomic E-state index is -0.470. The van der Waals surface area contributed by atoms with Crippen molar-refractivity contribution < 1.29 is 14.5 Å². The molecule has 1 aromatic heterocycles. The quantitative estimate of drug-likeness (QED) is 0.464. The molecule has 0 bridgehead atoms. The molecule has 1 saturated carbocycles. The van der Waals surface area contributed by atoms with E-state index < -0.39 is 4.92 Å². The smallest absolute Gasteiger partial charge is 0.323 e. The summed E-state index contributed by atoms with van der Waals surface area (Å²) >= 11 is 1.09.